The summed E-state index contributed by atoms with van der Waals surface area (Å²) in [5, 5.41) is 0. The number of carbonyl (C=O) groups excluding carboxylic acids is 1. The second-order valence-corrected chi connectivity index (χ2v) is 3.33. The molecule has 0 aromatic rings. The minimum absolute atomic E-state index is 0.134. The molecule has 0 unspecified atom stereocenters. The molecule has 82 valence electrons. The molecule has 0 amide bonds. The van der Waals surface area contributed by atoms with Crippen LogP contribution < -0.4 is 0 Å². The molecule has 0 rings (SSSR count). The molecule has 0 heterocycles. The summed E-state index contributed by atoms with van der Waals surface area (Å²) >= 11 is 0. The molecule has 0 aliphatic heterocycles. The summed E-state index contributed by atoms with van der Waals surface area (Å²) in [6.45, 7) is 6.71. The SMILES string of the molecule is CCC=C(CC)C(=O)OCCCCC. The molecule has 0 spiro atoms. The highest BCUT2D eigenvalue weighted by atomic mass is 16.5. The van der Waals surface area contributed by atoms with Gasteiger partial charge in [-0.05, 0) is 19.3 Å². The van der Waals surface area contributed by atoms with E-state index in [2.05, 4.69) is 6.92 Å². The number of esters is 1. The number of hydrogen-bond acceptors (Lipinski definition) is 2. The lowest BCUT2D eigenvalue weighted by Gasteiger charge is -2.05. The molecule has 0 aliphatic rings. The molecule has 0 bridgehead atoms. The van der Waals surface area contributed by atoms with Gasteiger partial charge in [-0.2, -0.15) is 0 Å². The van der Waals surface area contributed by atoms with Crippen LogP contribution in [0.15, 0.2) is 11.6 Å². The van der Waals surface area contributed by atoms with Crippen LogP contribution in [0.2, 0.25) is 0 Å². The third-order valence-electron chi connectivity index (χ3n) is 2.07. The van der Waals surface area contributed by atoms with Crippen molar-refractivity contribution in [1.82, 2.24) is 0 Å². The van der Waals surface area contributed by atoms with Crippen LogP contribution in [0.5, 0.6) is 0 Å². The van der Waals surface area contributed by atoms with Crippen LogP contribution in [-0.4, -0.2) is 12.6 Å². The number of hydrogen-bond donors (Lipinski definition) is 0. The van der Waals surface area contributed by atoms with E-state index in [1.165, 1.54) is 0 Å². The maximum absolute atomic E-state index is 11.4. The van der Waals surface area contributed by atoms with E-state index in [0.29, 0.717) is 6.61 Å². The molecular weight excluding hydrogens is 176 g/mol. The van der Waals surface area contributed by atoms with Gasteiger partial charge < -0.3 is 4.74 Å². The van der Waals surface area contributed by atoms with Gasteiger partial charge in [-0.1, -0.05) is 39.7 Å². The van der Waals surface area contributed by atoms with E-state index in [9.17, 15) is 4.79 Å². The Morgan fingerprint density at radius 1 is 1.21 bits per heavy atom. The summed E-state index contributed by atoms with van der Waals surface area (Å²) in [4.78, 5) is 11.4. The molecule has 0 aliphatic carbocycles. The molecule has 0 radical (unpaired) electrons. The first kappa shape index (κ1) is 13.2. The third-order valence-corrected chi connectivity index (χ3v) is 2.07. The molecule has 0 fully saturated rings. The first-order valence-electron chi connectivity index (χ1n) is 5.62. The van der Waals surface area contributed by atoms with E-state index >= 15 is 0 Å². The third kappa shape index (κ3) is 5.79. The van der Waals surface area contributed by atoms with Crippen molar-refractivity contribution < 1.29 is 9.53 Å². The monoisotopic (exact) mass is 198 g/mol. The highest BCUT2D eigenvalue weighted by molar-refractivity contribution is 5.88. The number of ether oxygens (including phenoxy) is 1. The number of rotatable bonds is 7. The van der Waals surface area contributed by atoms with Crippen LogP contribution in [0.4, 0.5) is 0 Å². The topological polar surface area (TPSA) is 26.3 Å². The lowest BCUT2D eigenvalue weighted by molar-refractivity contribution is -0.139. The van der Waals surface area contributed by atoms with Gasteiger partial charge in [0, 0.05) is 5.57 Å². The Labute approximate surface area is 87.3 Å². The molecule has 0 aromatic carbocycles. The standard InChI is InChI=1S/C12H22O2/c1-4-7-8-10-14-12(13)11(6-3)9-5-2/h9H,4-8,10H2,1-3H3. The van der Waals surface area contributed by atoms with Gasteiger partial charge in [-0.15, -0.1) is 0 Å². The predicted molar refractivity (Wildman–Crippen MR) is 59.1 cm³/mol. The summed E-state index contributed by atoms with van der Waals surface area (Å²) < 4.78 is 5.14. The Balaban J connectivity index is 3.76. The van der Waals surface area contributed by atoms with Gasteiger partial charge in [-0.3, -0.25) is 0 Å². The van der Waals surface area contributed by atoms with E-state index in [1.807, 2.05) is 19.9 Å². The van der Waals surface area contributed by atoms with Crippen LogP contribution in [0.3, 0.4) is 0 Å². The molecule has 2 heteroatoms. The van der Waals surface area contributed by atoms with Crippen molar-refractivity contribution in [2.75, 3.05) is 6.61 Å². The van der Waals surface area contributed by atoms with Crippen molar-refractivity contribution in [1.29, 1.82) is 0 Å². The van der Waals surface area contributed by atoms with Gasteiger partial charge >= 0.3 is 5.97 Å². The predicted octanol–water partition coefficient (Wildman–Crippen LogP) is 3.47. The summed E-state index contributed by atoms with van der Waals surface area (Å²) in [6.07, 6.45) is 6.87. The summed E-state index contributed by atoms with van der Waals surface area (Å²) in [6, 6.07) is 0. The Morgan fingerprint density at radius 2 is 1.93 bits per heavy atom. The fourth-order valence-electron chi connectivity index (χ4n) is 1.23. The van der Waals surface area contributed by atoms with Gasteiger partial charge in [0.1, 0.15) is 0 Å². The fourth-order valence-corrected chi connectivity index (χ4v) is 1.23. The van der Waals surface area contributed by atoms with Crippen molar-refractivity contribution in [2.45, 2.75) is 52.9 Å². The zero-order valence-electron chi connectivity index (χ0n) is 9.64. The Kier molecular flexibility index (Phi) is 8.30. The molecule has 0 atom stereocenters. The zero-order chi connectivity index (χ0) is 10.8. The summed E-state index contributed by atoms with van der Waals surface area (Å²) in [5.41, 5.74) is 0.809. The van der Waals surface area contributed by atoms with E-state index in [4.69, 9.17) is 4.74 Å². The summed E-state index contributed by atoms with van der Waals surface area (Å²) in [7, 11) is 0. The van der Waals surface area contributed by atoms with Gasteiger partial charge in [0.2, 0.25) is 0 Å². The first-order valence-corrected chi connectivity index (χ1v) is 5.62. The summed E-state index contributed by atoms with van der Waals surface area (Å²) in [5.74, 6) is -0.134. The molecule has 2 nitrogen and oxygen atoms in total. The van der Waals surface area contributed by atoms with E-state index in [0.717, 1.165) is 37.7 Å². The van der Waals surface area contributed by atoms with Crippen molar-refractivity contribution >= 4 is 5.97 Å². The van der Waals surface area contributed by atoms with Crippen LogP contribution in [-0.2, 0) is 9.53 Å². The normalized spacial score (nSPS) is 11.5. The number of unbranched alkanes of at least 4 members (excludes halogenated alkanes) is 2. The highest BCUT2D eigenvalue weighted by Crippen LogP contribution is 2.06. The minimum Gasteiger partial charge on any atom is -0.462 e. The van der Waals surface area contributed by atoms with Crippen molar-refractivity contribution in [3.05, 3.63) is 11.6 Å². The van der Waals surface area contributed by atoms with Crippen LogP contribution in [0.25, 0.3) is 0 Å². The Morgan fingerprint density at radius 3 is 2.43 bits per heavy atom. The van der Waals surface area contributed by atoms with Gasteiger partial charge in [0.05, 0.1) is 6.61 Å². The largest absolute Gasteiger partial charge is 0.462 e. The number of carbonyl (C=O) groups is 1. The van der Waals surface area contributed by atoms with Crippen molar-refractivity contribution in [3.63, 3.8) is 0 Å². The molecule has 0 aromatic heterocycles. The maximum Gasteiger partial charge on any atom is 0.333 e. The maximum atomic E-state index is 11.4. The average Bonchev–Trinajstić information content (AvgIpc) is 2.20. The Bertz CT molecular complexity index is 183. The quantitative estimate of drug-likeness (QED) is 0.356. The molecule has 0 N–H and O–H groups in total. The average molecular weight is 198 g/mol. The molecular formula is C12H22O2. The fraction of sp³-hybridized carbons (Fsp3) is 0.750. The van der Waals surface area contributed by atoms with Gasteiger partial charge in [0.25, 0.3) is 0 Å². The van der Waals surface area contributed by atoms with Crippen LogP contribution in [0.1, 0.15) is 52.9 Å². The van der Waals surface area contributed by atoms with Crippen LogP contribution >= 0.6 is 0 Å². The minimum atomic E-state index is -0.134. The van der Waals surface area contributed by atoms with Gasteiger partial charge in [0.15, 0.2) is 0 Å². The zero-order valence-corrected chi connectivity index (χ0v) is 9.64. The smallest absolute Gasteiger partial charge is 0.333 e. The first-order chi connectivity index (χ1) is 6.76. The van der Waals surface area contributed by atoms with Crippen molar-refractivity contribution in [3.8, 4) is 0 Å². The second-order valence-electron chi connectivity index (χ2n) is 3.33. The van der Waals surface area contributed by atoms with E-state index < -0.39 is 0 Å². The molecule has 14 heavy (non-hydrogen) atoms. The second kappa shape index (κ2) is 8.79. The van der Waals surface area contributed by atoms with Crippen LogP contribution in [0, 0.1) is 0 Å². The van der Waals surface area contributed by atoms with E-state index in [-0.39, 0.29) is 5.97 Å². The van der Waals surface area contributed by atoms with E-state index in [1.54, 1.807) is 0 Å². The lowest BCUT2D eigenvalue weighted by atomic mass is 10.2. The van der Waals surface area contributed by atoms with Gasteiger partial charge in [-0.25, -0.2) is 4.79 Å². The van der Waals surface area contributed by atoms with Crippen molar-refractivity contribution in [2.24, 2.45) is 0 Å². The Hall–Kier alpha value is -0.790. The molecule has 0 saturated heterocycles. The lowest BCUT2D eigenvalue weighted by Crippen LogP contribution is -2.08. The molecule has 0 saturated carbocycles. The highest BCUT2D eigenvalue weighted by Gasteiger charge is 2.07. The number of allylic oxidation sites excluding steroid dienone is 1.